The second kappa shape index (κ2) is 3.96. The van der Waals surface area contributed by atoms with Gasteiger partial charge in [-0.1, -0.05) is 0 Å². The monoisotopic (exact) mass is 245 g/mol. The third-order valence-corrected chi connectivity index (χ3v) is 1.87. The van der Waals surface area contributed by atoms with Crippen LogP contribution in [0.25, 0.3) is 0 Å². The normalized spacial score (nSPS) is 15.2. The lowest BCUT2D eigenvalue weighted by Crippen LogP contribution is -2.34. The molecular formula is C7H8F5N3O. The first kappa shape index (κ1) is 12.8. The van der Waals surface area contributed by atoms with Crippen LogP contribution in [0.1, 0.15) is 24.7 Å². The van der Waals surface area contributed by atoms with E-state index in [9.17, 15) is 22.0 Å². The molecule has 1 aromatic heterocycles. The Balaban J connectivity index is 3.02. The zero-order chi connectivity index (χ0) is 12.6. The summed E-state index contributed by atoms with van der Waals surface area (Å²) in [6, 6.07) is -0.606. The van der Waals surface area contributed by atoms with E-state index in [1.807, 2.05) is 0 Å². The molecule has 0 aliphatic rings. The van der Waals surface area contributed by atoms with Crippen LogP contribution in [0.2, 0.25) is 0 Å². The summed E-state index contributed by atoms with van der Waals surface area (Å²) in [7, 11) is 1.47. The lowest BCUT2D eigenvalue weighted by molar-refractivity contribution is -0.297. The van der Waals surface area contributed by atoms with Gasteiger partial charge in [-0.3, -0.25) is 0 Å². The van der Waals surface area contributed by atoms with E-state index in [0.29, 0.717) is 0 Å². The largest absolute Gasteiger partial charge is 0.463 e. The molecule has 0 aliphatic heterocycles. The smallest absolute Gasteiger partial charge is 0.418 e. The second-order valence-electron chi connectivity index (χ2n) is 3.03. The van der Waals surface area contributed by atoms with Crippen molar-refractivity contribution in [1.82, 2.24) is 15.5 Å². The van der Waals surface area contributed by atoms with Crippen LogP contribution in [0.15, 0.2) is 4.42 Å². The van der Waals surface area contributed by atoms with E-state index in [4.69, 9.17) is 0 Å². The maximum atomic E-state index is 12.7. The number of hydrogen-bond donors (Lipinski definition) is 1. The highest BCUT2D eigenvalue weighted by Gasteiger charge is 2.63. The van der Waals surface area contributed by atoms with Gasteiger partial charge in [-0.15, -0.1) is 10.2 Å². The Labute approximate surface area is 86.8 Å². The van der Waals surface area contributed by atoms with Crippen molar-refractivity contribution in [2.45, 2.75) is 25.1 Å². The molecule has 0 spiro atoms. The van der Waals surface area contributed by atoms with Crippen LogP contribution in [0.4, 0.5) is 22.0 Å². The van der Waals surface area contributed by atoms with E-state index in [1.165, 1.54) is 14.0 Å². The third-order valence-electron chi connectivity index (χ3n) is 1.87. The van der Waals surface area contributed by atoms with Crippen LogP contribution in [-0.4, -0.2) is 23.4 Å². The van der Waals surface area contributed by atoms with E-state index in [-0.39, 0.29) is 5.89 Å². The standard InChI is InChI=1S/C7H8F5N3O/c1-3(13-2)4-14-15-5(16-4)6(8,9)7(10,11)12/h3,13H,1-2H3. The van der Waals surface area contributed by atoms with Gasteiger partial charge in [0.05, 0.1) is 6.04 Å². The number of halogens is 5. The van der Waals surface area contributed by atoms with Gasteiger partial charge in [0, 0.05) is 0 Å². The molecule has 0 aromatic carbocycles. The van der Waals surface area contributed by atoms with Crippen molar-refractivity contribution in [2.24, 2.45) is 0 Å². The number of hydrogen-bond acceptors (Lipinski definition) is 4. The summed E-state index contributed by atoms with van der Waals surface area (Å²) in [5, 5.41) is 8.37. The molecule has 1 atom stereocenters. The highest BCUT2D eigenvalue weighted by molar-refractivity contribution is 4.97. The summed E-state index contributed by atoms with van der Waals surface area (Å²) in [5.74, 6) is -7.22. The van der Waals surface area contributed by atoms with E-state index in [0.717, 1.165) is 0 Å². The summed E-state index contributed by atoms with van der Waals surface area (Å²) in [6.07, 6.45) is -5.75. The van der Waals surface area contributed by atoms with Gasteiger partial charge in [-0.2, -0.15) is 22.0 Å². The highest BCUT2D eigenvalue weighted by atomic mass is 19.4. The maximum absolute atomic E-state index is 12.7. The molecule has 0 aliphatic carbocycles. The molecule has 16 heavy (non-hydrogen) atoms. The Bertz CT molecular complexity index is 361. The molecule has 0 saturated carbocycles. The van der Waals surface area contributed by atoms with Gasteiger partial charge in [0.2, 0.25) is 5.89 Å². The predicted molar refractivity (Wildman–Crippen MR) is 41.7 cm³/mol. The molecule has 0 radical (unpaired) electrons. The summed E-state index contributed by atoms with van der Waals surface area (Å²) in [5.41, 5.74) is 0. The van der Waals surface area contributed by atoms with E-state index < -0.39 is 24.0 Å². The molecule has 92 valence electrons. The zero-order valence-electron chi connectivity index (χ0n) is 8.27. The van der Waals surface area contributed by atoms with Crippen LogP contribution >= 0.6 is 0 Å². The second-order valence-corrected chi connectivity index (χ2v) is 3.03. The molecule has 1 N–H and O–H groups in total. The molecule has 0 saturated heterocycles. The lowest BCUT2D eigenvalue weighted by Gasteiger charge is -2.15. The highest BCUT2D eigenvalue weighted by Crippen LogP contribution is 2.43. The Morgan fingerprint density at radius 1 is 1.19 bits per heavy atom. The summed E-state index contributed by atoms with van der Waals surface area (Å²) >= 11 is 0. The number of rotatable bonds is 3. The minimum Gasteiger partial charge on any atom is -0.418 e. The van der Waals surface area contributed by atoms with E-state index in [1.54, 1.807) is 0 Å². The van der Waals surface area contributed by atoms with Crippen molar-refractivity contribution >= 4 is 0 Å². The molecular weight excluding hydrogens is 237 g/mol. The van der Waals surface area contributed by atoms with Crippen LogP contribution in [0, 0.1) is 0 Å². The molecule has 0 bridgehead atoms. The van der Waals surface area contributed by atoms with Gasteiger partial charge >= 0.3 is 12.1 Å². The molecule has 1 rings (SSSR count). The van der Waals surface area contributed by atoms with Crippen LogP contribution in [0.5, 0.6) is 0 Å². The fraction of sp³-hybridized carbons (Fsp3) is 0.714. The van der Waals surface area contributed by atoms with Crippen molar-refractivity contribution in [3.8, 4) is 0 Å². The summed E-state index contributed by atoms with van der Waals surface area (Å²) < 4.78 is 65.4. The maximum Gasteiger partial charge on any atom is 0.463 e. The number of aromatic nitrogens is 2. The minimum absolute atomic E-state index is 0.332. The van der Waals surface area contributed by atoms with E-state index >= 15 is 0 Å². The van der Waals surface area contributed by atoms with Gasteiger partial charge in [-0.05, 0) is 14.0 Å². The van der Waals surface area contributed by atoms with Crippen LogP contribution < -0.4 is 5.32 Å². The number of alkyl halides is 5. The van der Waals surface area contributed by atoms with Gasteiger partial charge in [0.15, 0.2) is 0 Å². The van der Waals surface area contributed by atoms with Crippen molar-refractivity contribution in [3.63, 3.8) is 0 Å². The first-order valence-electron chi connectivity index (χ1n) is 4.16. The molecule has 4 nitrogen and oxygen atoms in total. The average Bonchev–Trinajstić information content (AvgIpc) is 2.64. The van der Waals surface area contributed by atoms with Gasteiger partial charge < -0.3 is 9.73 Å². The first-order valence-corrected chi connectivity index (χ1v) is 4.16. The Kier molecular flexibility index (Phi) is 3.17. The van der Waals surface area contributed by atoms with Crippen molar-refractivity contribution in [2.75, 3.05) is 7.05 Å². The molecule has 1 unspecified atom stereocenters. The number of nitrogens with one attached hydrogen (secondary N) is 1. The Morgan fingerprint density at radius 3 is 2.19 bits per heavy atom. The summed E-state index contributed by atoms with van der Waals surface area (Å²) in [4.78, 5) is 0. The van der Waals surface area contributed by atoms with Crippen LogP contribution in [0.3, 0.4) is 0 Å². The molecule has 0 amide bonds. The van der Waals surface area contributed by atoms with E-state index in [2.05, 4.69) is 19.9 Å². The third kappa shape index (κ3) is 2.13. The lowest BCUT2D eigenvalue weighted by atomic mass is 10.3. The quantitative estimate of drug-likeness (QED) is 0.827. The van der Waals surface area contributed by atoms with Gasteiger partial charge in [0.1, 0.15) is 0 Å². The molecule has 1 heterocycles. The minimum atomic E-state index is -5.75. The zero-order valence-corrected chi connectivity index (χ0v) is 8.27. The Morgan fingerprint density at radius 2 is 1.75 bits per heavy atom. The SMILES string of the molecule is CNC(C)c1nnc(C(F)(F)C(F)(F)F)o1. The average molecular weight is 245 g/mol. The van der Waals surface area contributed by atoms with Crippen molar-refractivity contribution in [1.29, 1.82) is 0 Å². The molecule has 9 heteroatoms. The van der Waals surface area contributed by atoms with Crippen molar-refractivity contribution in [3.05, 3.63) is 11.8 Å². The molecule has 1 aromatic rings. The van der Waals surface area contributed by atoms with Gasteiger partial charge in [-0.25, -0.2) is 0 Å². The van der Waals surface area contributed by atoms with Crippen molar-refractivity contribution < 1.29 is 26.4 Å². The Hall–Kier alpha value is -1.25. The fourth-order valence-corrected chi connectivity index (χ4v) is 0.781. The first-order chi connectivity index (χ1) is 7.20. The summed E-state index contributed by atoms with van der Waals surface area (Å²) in [6.45, 7) is 1.48. The fourth-order valence-electron chi connectivity index (χ4n) is 0.781. The molecule has 0 fully saturated rings. The van der Waals surface area contributed by atoms with Crippen LogP contribution in [-0.2, 0) is 5.92 Å². The number of nitrogens with zero attached hydrogens (tertiary/aromatic N) is 2. The van der Waals surface area contributed by atoms with Gasteiger partial charge in [0.25, 0.3) is 5.89 Å². The topological polar surface area (TPSA) is 51.0 Å². The predicted octanol–water partition coefficient (Wildman–Crippen LogP) is 2.00.